The maximum absolute atomic E-state index is 12.4. The van der Waals surface area contributed by atoms with Crippen LogP contribution in [-0.2, 0) is 16.0 Å². The van der Waals surface area contributed by atoms with Gasteiger partial charge >= 0.3 is 0 Å². The van der Waals surface area contributed by atoms with Crippen molar-refractivity contribution in [2.75, 3.05) is 24.3 Å². The summed E-state index contributed by atoms with van der Waals surface area (Å²) in [6.07, 6.45) is 3.21. The third-order valence-electron chi connectivity index (χ3n) is 4.54. The molecule has 1 saturated heterocycles. The van der Waals surface area contributed by atoms with E-state index in [4.69, 9.17) is 15.2 Å². The van der Waals surface area contributed by atoms with Crippen molar-refractivity contribution in [1.82, 2.24) is 0 Å². The number of hydrogen-bond acceptors (Lipinski definition) is 4. The van der Waals surface area contributed by atoms with Crippen molar-refractivity contribution in [1.29, 1.82) is 0 Å². The lowest BCUT2D eigenvalue weighted by molar-refractivity contribution is -0.116. The van der Waals surface area contributed by atoms with Gasteiger partial charge in [-0.25, -0.2) is 0 Å². The molecule has 27 heavy (non-hydrogen) atoms. The van der Waals surface area contributed by atoms with E-state index in [1.807, 2.05) is 49.4 Å². The molecule has 0 aliphatic carbocycles. The van der Waals surface area contributed by atoms with E-state index in [1.165, 1.54) is 0 Å². The van der Waals surface area contributed by atoms with Gasteiger partial charge in [0.15, 0.2) is 0 Å². The Bertz CT molecular complexity index is 761. The van der Waals surface area contributed by atoms with Crippen LogP contribution in [0.3, 0.4) is 0 Å². The number of ether oxygens (including phenoxy) is 2. The van der Waals surface area contributed by atoms with Crippen LogP contribution in [0.2, 0.25) is 0 Å². The number of amides is 1. The van der Waals surface area contributed by atoms with Gasteiger partial charge in [0.25, 0.3) is 0 Å². The number of para-hydroxylation sites is 1. The van der Waals surface area contributed by atoms with E-state index in [9.17, 15) is 4.79 Å². The number of hydrogen-bond donors (Lipinski definition) is 2. The summed E-state index contributed by atoms with van der Waals surface area (Å²) in [6, 6.07) is 13.4. The van der Waals surface area contributed by atoms with Gasteiger partial charge < -0.3 is 20.5 Å². The smallest absolute Gasteiger partial charge is 0.224 e. The van der Waals surface area contributed by atoms with Crippen LogP contribution in [-0.4, -0.2) is 25.2 Å². The summed E-state index contributed by atoms with van der Waals surface area (Å²) in [5.74, 6) is 0.632. The Kier molecular flexibility index (Phi) is 7.95. The van der Waals surface area contributed by atoms with E-state index < -0.39 is 0 Å². The van der Waals surface area contributed by atoms with Crippen LogP contribution in [0.25, 0.3) is 0 Å². The Morgan fingerprint density at radius 1 is 1.30 bits per heavy atom. The first kappa shape index (κ1) is 21.1. The predicted molar refractivity (Wildman–Crippen MR) is 111 cm³/mol. The molecule has 146 valence electrons. The molecule has 5 nitrogen and oxygen atoms in total. The second-order valence-electron chi connectivity index (χ2n) is 6.69. The predicted octanol–water partition coefficient (Wildman–Crippen LogP) is 4.13. The molecular weight excluding hydrogens is 364 g/mol. The van der Waals surface area contributed by atoms with E-state index in [0.717, 1.165) is 36.3 Å². The van der Waals surface area contributed by atoms with Crippen LogP contribution in [0.4, 0.5) is 11.4 Å². The van der Waals surface area contributed by atoms with E-state index in [0.29, 0.717) is 30.9 Å². The molecule has 1 aliphatic rings. The maximum atomic E-state index is 12.4. The highest BCUT2D eigenvalue weighted by atomic mass is 35.5. The third kappa shape index (κ3) is 6.15. The van der Waals surface area contributed by atoms with Crippen LogP contribution in [0, 0.1) is 6.92 Å². The molecular formula is C21H27ClN2O3. The second kappa shape index (κ2) is 10.2. The molecule has 6 heteroatoms. The van der Waals surface area contributed by atoms with Gasteiger partial charge in [0.1, 0.15) is 12.4 Å². The highest BCUT2D eigenvalue weighted by Crippen LogP contribution is 2.27. The molecule has 0 spiro atoms. The number of nitrogens with two attached hydrogens (primary N) is 1. The Morgan fingerprint density at radius 2 is 2.11 bits per heavy atom. The fraction of sp³-hybridized carbons (Fsp3) is 0.381. The van der Waals surface area contributed by atoms with E-state index >= 15 is 0 Å². The van der Waals surface area contributed by atoms with Crippen molar-refractivity contribution >= 4 is 29.7 Å². The van der Waals surface area contributed by atoms with Gasteiger partial charge in [0.05, 0.1) is 11.8 Å². The second-order valence-corrected chi connectivity index (χ2v) is 6.69. The Labute approximate surface area is 166 Å². The van der Waals surface area contributed by atoms with Crippen LogP contribution >= 0.6 is 12.4 Å². The van der Waals surface area contributed by atoms with Crippen molar-refractivity contribution in [3.05, 3.63) is 53.6 Å². The average molecular weight is 391 g/mol. The molecule has 1 aliphatic heterocycles. The average Bonchev–Trinajstić information content (AvgIpc) is 3.15. The minimum Gasteiger partial charge on any atom is -0.489 e. The number of benzene rings is 2. The molecule has 2 aromatic carbocycles. The molecule has 1 heterocycles. The summed E-state index contributed by atoms with van der Waals surface area (Å²) in [5.41, 5.74) is 9.42. The van der Waals surface area contributed by atoms with E-state index in [-0.39, 0.29) is 24.4 Å². The molecule has 0 radical (unpaired) electrons. The first-order valence-electron chi connectivity index (χ1n) is 9.10. The number of nitrogens with one attached hydrogen (secondary N) is 1. The Balaban J connectivity index is 0.00000261. The fourth-order valence-electron chi connectivity index (χ4n) is 3.03. The van der Waals surface area contributed by atoms with Gasteiger partial charge in [-0.2, -0.15) is 0 Å². The maximum Gasteiger partial charge on any atom is 0.224 e. The molecule has 1 atom stereocenters. The third-order valence-corrected chi connectivity index (χ3v) is 4.54. The van der Waals surface area contributed by atoms with E-state index in [2.05, 4.69) is 5.32 Å². The number of anilines is 2. The number of halogens is 1. The summed E-state index contributed by atoms with van der Waals surface area (Å²) in [6.45, 7) is 3.31. The molecule has 3 N–H and O–H groups in total. The summed E-state index contributed by atoms with van der Waals surface area (Å²) < 4.78 is 11.5. The normalized spacial score (nSPS) is 15.8. The Hall–Kier alpha value is -2.24. The monoisotopic (exact) mass is 390 g/mol. The first-order valence-corrected chi connectivity index (χ1v) is 9.10. The molecule has 1 amide bonds. The summed E-state index contributed by atoms with van der Waals surface area (Å²) in [7, 11) is 0. The van der Waals surface area contributed by atoms with Crippen molar-refractivity contribution in [3.8, 4) is 5.75 Å². The summed E-state index contributed by atoms with van der Waals surface area (Å²) in [4.78, 5) is 12.4. The lowest BCUT2D eigenvalue weighted by Gasteiger charge is -2.16. The van der Waals surface area contributed by atoms with Crippen molar-refractivity contribution in [2.45, 2.75) is 38.7 Å². The number of nitrogen functional groups attached to an aromatic ring is 1. The molecule has 2 aromatic rings. The molecule has 1 unspecified atom stereocenters. The first-order chi connectivity index (χ1) is 12.6. The quantitative estimate of drug-likeness (QED) is 0.697. The number of aryl methyl sites for hydroxylation is 2. The topological polar surface area (TPSA) is 73.6 Å². The minimum atomic E-state index is -0.0564. The molecule has 3 rings (SSSR count). The molecule has 0 bridgehead atoms. The van der Waals surface area contributed by atoms with Gasteiger partial charge in [-0.1, -0.05) is 24.3 Å². The largest absolute Gasteiger partial charge is 0.489 e. The standard InChI is InChI=1S/C21H26N2O3.ClH/c1-15-8-10-19(20(13-15)26-14-17-6-4-12-25-17)23-21(24)11-9-16-5-2-3-7-18(16)22;/h2-3,5,7-8,10,13,17H,4,6,9,11-12,14,22H2,1H3,(H,23,24);1H. The number of carbonyl (C=O) groups excluding carboxylic acids is 1. The SMILES string of the molecule is Cc1ccc(NC(=O)CCc2ccccc2N)c(OCC2CCCO2)c1.Cl. The summed E-state index contributed by atoms with van der Waals surface area (Å²) >= 11 is 0. The van der Waals surface area contributed by atoms with Crippen LogP contribution in [0.1, 0.15) is 30.4 Å². The number of rotatable bonds is 7. The van der Waals surface area contributed by atoms with Crippen LogP contribution < -0.4 is 15.8 Å². The zero-order valence-corrected chi connectivity index (χ0v) is 16.4. The Morgan fingerprint density at radius 3 is 2.85 bits per heavy atom. The number of carbonyl (C=O) groups is 1. The van der Waals surface area contributed by atoms with Crippen LogP contribution in [0.5, 0.6) is 5.75 Å². The molecule has 0 aromatic heterocycles. The lowest BCUT2D eigenvalue weighted by atomic mass is 10.1. The van der Waals surface area contributed by atoms with Gasteiger partial charge in [0.2, 0.25) is 5.91 Å². The van der Waals surface area contributed by atoms with Crippen molar-refractivity contribution in [3.63, 3.8) is 0 Å². The van der Waals surface area contributed by atoms with Gasteiger partial charge in [-0.3, -0.25) is 4.79 Å². The van der Waals surface area contributed by atoms with Gasteiger partial charge in [-0.05, 0) is 55.5 Å². The molecule has 0 saturated carbocycles. The highest BCUT2D eigenvalue weighted by molar-refractivity contribution is 5.92. The highest BCUT2D eigenvalue weighted by Gasteiger charge is 2.17. The van der Waals surface area contributed by atoms with Gasteiger partial charge in [0, 0.05) is 18.7 Å². The fourth-order valence-corrected chi connectivity index (χ4v) is 3.03. The lowest BCUT2D eigenvalue weighted by Crippen LogP contribution is -2.18. The zero-order valence-electron chi connectivity index (χ0n) is 15.6. The van der Waals surface area contributed by atoms with E-state index in [1.54, 1.807) is 0 Å². The minimum absolute atomic E-state index is 0. The zero-order chi connectivity index (χ0) is 18.4. The van der Waals surface area contributed by atoms with Crippen LogP contribution in [0.15, 0.2) is 42.5 Å². The van der Waals surface area contributed by atoms with Crippen molar-refractivity contribution < 1.29 is 14.3 Å². The molecule has 1 fully saturated rings. The summed E-state index contributed by atoms with van der Waals surface area (Å²) in [5, 5.41) is 2.96. The van der Waals surface area contributed by atoms with Gasteiger partial charge in [-0.15, -0.1) is 12.4 Å². The van der Waals surface area contributed by atoms with Crippen molar-refractivity contribution in [2.24, 2.45) is 0 Å².